The van der Waals surface area contributed by atoms with Crippen LogP contribution in [0.25, 0.3) is 0 Å². The fourth-order valence-corrected chi connectivity index (χ4v) is 2.03. The van der Waals surface area contributed by atoms with E-state index in [0.29, 0.717) is 0 Å². The van der Waals surface area contributed by atoms with Crippen molar-refractivity contribution in [3.63, 3.8) is 0 Å². The smallest absolute Gasteiger partial charge is 0.0922 e. The minimum atomic E-state index is 0.796. The molecule has 1 heterocycles. The Morgan fingerprint density at radius 1 is 1.18 bits per heavy atom. The third kappa shape index (κ3) is 2.67. The lowest BCUT2D eigenvalue weighted by Gasteiger charge is -2.14. The second kappa shape index (κ2) is 5.53. The van der Waals surface area contributed by atoms with Crippen molar-refractivity contribution >= 4 is 5.69 Å². The van der Waals surface area contributed by atoms with Crippen molar-refractivity contribution in [2.75, 3.05) is 5.32 Å². The summed E-state index contributed by atoms with van der Waals surface area (Å²) in [5.41, 5.74) is 5.15. The topological polar surface area (TPSA) is 40.7 Å². The van der Waals surface area contributed by atoms with E-state index in [0.717, 1.165) is 25.1 Å². The average Bonchev–Trinajstić information content (AvgIpc) is 2.88. The Hall–Kier alpha value is -1.77. The lowest BCUT2D eigenvalue weighted by atomic mass is 10.0. The first kappa shape index (κ1) is 11.7. The zero-order chi connectivity index (χ0) is 12.1. The minimum Gasteiger partial charge on any atom is -0.379 e. The maximum atomic E-state index is 4.02. The molecule has 1 aromatic heterocycles. The molecular weight excluding hydrogens is 210 g/mol. The molecule has 0 unspecified atom stereocenters. The van der Waals surface area contributed by atoms with Gasteiger partial charge in [-0.1, -0.05) is 32.0 Å². The molecule has 0 saturated heterocycles. The van der Waals surface area contributed by atoms with Crippen molar-refractivity contribution in [1.29, 1.82) is 0 Å². The highest BCUT2D eigenvalue weighted by molar-refractivity contribution is 5.57. The van der Waals surface area contributed by atoms with Crippen molar-refractivity contribution in [2.24, 2.45) is 0 Å². The van der Waals surface area contributed by atoms with E-state index >= 15 is 0 Å². The maximum absolute atomic E-state index is 4.02. The van der Waals surface area contributed by atoms with Crippen LogP contribution in [0.2, 0.25) is 0 Å². The molecule has 2 aromatic rings. The Morgan fingerprint density at radius 2 is 1.88 bits per heavy atom. The Morgan fingerprint density at radius 3 is 2.41 bits per heavy atom. The molecule has 0 aliphatic rings. The maximum Gasteiger partial charge on any atom is 0.0922 e. The predicted octanol–water partition coefficient (Wildman–Crippen LogP) is 3.15. The molecule has 3 nitrogen and oxygen atoms in total. The highest BCUT2D eigenvalue weighted by Crippen LogP contribution is 2.22. The fourth-order valence-electron chi connectivity index (χ4n) is 2.03. The van der Waals surface area contributed by atoms with E-state index in [2.05, 4.69) is 47.3 Å². The largest absolute Gasteiger partial charge is 0.379 e. The van der Waals surface area contributed by atoms with Gasteiger partial charge in [-0.25, -0.2) is 4.98 Å². The number of imidazole rings is 1. The molecule has 0 bridgehead atoms. The zero-order valence-corrected chi connectivity index (χ0v) is 10.5. The SMILES string of the molecule is CCc1cccc(CC)c1NCc1cnc[nH]1. The van der Waals surface area contributed by atoms with Gasteiger partial charge in [-0.3, -0.25) is 0 Å². The summed E-state index contributed by atoms with van der Waals surface area (Å²) in [5.74, 6) is 0. The molecule has 2 rings (SSSR count). The van der Waals surface area contributed by atoms with Gasteiger partial charge >= 0.3 is 0 Å². The molecule has 17 heavy (non-hydrogen) atoms. The van der Waals surface area contributed by atoms with E-state index in [1.165, 1.54) is 16.8 Å². The van der Waals surface area contributed by atoms with Gasteiger partial charge in [0.2, 0.25) is 0 Å². The van der Waals surface area contributed by atoms with Crippen molar-refractivity contribution < 1.29 is 0 Å². The first-order chi connectivity index (χ1) is 8.35. The molecule has 0 spiro atoms. The molecular formula is C14H19N3. The molecule has 0 amide bonds. The van der Waals surface area contributed by atoms with Crippen LogP contribution < -0.4 is 5.32 Å². The molecule has 1 aromatic carbocycles. The van der Waals surface area contributed by atoms with Gasteiger partial charge < -0.3 is 10.3 Å². The highest BCUT2D eigenvalue weighted by atomic mass is 14.9. The molecule has 0 aliphatic carbocycles. The second-order valence-electron chi connectivity index (χ2n) is 4.09. The van der Waals surface area contributed by atoms with Gasteiger partial charge in [0.1, 0.15) is 0 Å². The van der Waals surface area contributed by atoms with Crippen LogP contribution in [0.1, 0.15) is 30.7 Å². The van der Waals surface area contributed by atoms with Crippen molar-refractivity contribution in [3.8, 4) is 0 Å². The standard InChI is InChI=1S/C14H19N3/c1-3-11-6-5-7-12(4-2)14(11)16-9-13-8-15-10-17-13/h5-8,10,16H,3-4,9H2,1-2H3,(H,15,17). The van der Waals surface area contributed by atoms with Gasteiger partial charge in [0.05, 0.1) is 18.6 Å². The molecule has 0 aliphatic heterocycles. The lowest BCUT2D eigenvalue weighted by Crippen LogP contribution is -2.05. The number of hydrogen-bond acceptors (Lipinski definition) is 2. The molecule has 90 valence electrons. The van der Waals surface area contributed by atoms with Gasteiger partial charge in [0.25, 0.3) is 0 Å². The summed E-state index contributed by atoms with van der Waals surface area (Å²) in [5, 5.41) is 3.51. The normalized spacial score (nSPS) is 10.5. The van der Waals surface area contributed by atoms with E-state index in [4.69, 9.17) is 0 Å². The van der Waals surface area contributed by atoms with Gasteiger partial charge in [-0.2, -0.15) is 0 Å². The molecule has 0 radical (unpaired) electrons. The number of rotatable bonds is 5. The summed E-state index contributed by atoms with van der Waals surface area (Å²) in [6.07, 6.45) is 5.68. The van der Waals surface area contributed by atoms with Crippen molar-refractivity contribution in [2.45, 2.75) is 33.2 Å². The lowest BCUT2D eigenvalue weighted by molar-refractivity contribution is 1.02. The van der Waals surface area contributed by atoms with Crippen molar-refractivity contribution in [1.82, 2.24) is 9.97 Å². The molecule has 0 atom stereocenters. The Kier molecular flexibility index (Phi) is 3.81. The summed E-state index contributed by atoms with van der Waals surface area (Å²) >= 11 is 0. The molecule has 0 fully saturated rings. The fraction of sp³-hybridized carbons (Fsp3) is 0.357. The number of H-pyrrole nitrogens is 1. The first-order valence-electron chi connectivity index (χ1n) is 6.17. The van der Waals surface area contributed by atoms with E-state index in [1.54, 1.807) is 6.33 Å². The quantitative estimate of drug-likeness (QED) is 0.827. The summed E-state index contributed by atoms with van der Waals surface area (Å²) in [6.45, 7) is 5.18. The number of benzene rings is 1. The molecule has 2 N–H and O–H groups in total. The Bertz CT molecular complexity index is 438. The number of aromatic nitrogens is 2. The number of aromatic amines is 1. The number of para-hydroxylation sites is 1. The van der Waals surface area contributed by atoms with Crippen LogP contribution in [-0.4, -0.2) is 9.97 Å². The monoisotopic (exact) mass is 229 g/mol. The van der Waals surface area contributed by atoms with Gasteiger partial charge in [0.15, 0.2) is 0 Å². The predicted molar refractivity (Wildman–Crippen MR) is 71.1 cm³/mol. The Balaban J connectivity index is 2.18. The third-order valence-electron chi connectivity index (χ3n) is 3.01. The summed E-state index contributed by atoms with van der Waals surface area (Å²) in [6, 6.07) is 6.52. The van der Waals surface area contributed by atoms with E-state index in [1.807, 2.05) is 6.20 Å². The number of nitrogens with one attached hydrogen (secondary N) is 2. The highest BCUT2D eigenvalue weighted by Gasteiger charge is 2.05. The van der Waals surface area contributed by atoms with E-state index in [-0.39, 0.29) is 0 Å². The van der Waals surface area contributed by atoms with Crippen LogP contribution in [-0.2, 0) is 19.4 Å². The van der Waals surface area contributed by atoms with Crippen LogP contribution in [0.3, 0.4) is 0 Å². The van der Waals surface area contributed by atoms with Crippen LogP contribution >= 0.6 is 0 Å². The van der Waals surface area contributed by atoms with Crippen LogP contribution in [0.15, 0.2) is 30.7 Å². The summed E-state index contributed by atoms with van der Waals surface area (Å²) < 4.78 is 0. The van der Waals surface area contributed by atoms with E-state index < -0.39 is 0 Å². The molecule has 3 heteroatoms. The van der Waals surface area contributed by atoms with Gasteiger partial charge in [-0.05, 0) is 24.0 Å². The van der Waals surface area contributed by atoms with Crippen LogP contribution in [0.4, 0.5) is 5.69 Å². The van der Waals surface area contributed by atoms with Gasteiger partial charge in [0, 0.05) is 11.9 Å². The average molecular weight is 229 g/mol. The van der Waals surface area contributed by atoms with Crippen LogP contribution in [0.5, 0.6) is 0 Å². The zero-order valence-electron chi connectivity index (χ0n) is 10.5. The third-order valence-corrected chi connectivity index (χ3v) is 3.01. The first-order valence-corrected chi connectivity index (χ1v) is 6.17. The number of aryl methyl sites for hydroxylation is 2. The minimum absolute atomic E-state index is 0.796. The number of hydrogen-bond donors (Lipinski definition) is 2. The summed E-state index contributed by atoms with van der Waals surface area (Å²) in [7, 11) is 0. The summed E-state index contributed by atoms with van der Waals surface area (Å²) in [4.78, 5) is 7.13. The van der Waals surface area contributed by atoms with Crippen LogP contribution in [0, 0.1) is 0 Å². The number of nitrogens with zero attached hydrogens (tertiary/aromatic N) is 1. The Labute approximate surface area is 102 Å². The second-order valence-corrected chi connectivity index (χ2v) is 4.09. The molecule has 0 saturated carbocycles. The van der Waals surface area contributed by atoms with Crippen molar-refractivity contribution in [3.05, 3.63) is 47.5 Å². The number of anilines is 1. The van der Waals surface area contributed by atoms with E-state index in [9.17, 15) is 0 Å². The van der Waals surface area contributed by atoms with Gasteiger partial charge in [-0.15, -0.1) is 0 Å².